The van der Waals surface area contributed by atoms with Gasteiger partial charge in [0.15, 0.2) is 0 Å². The summed E-state index contributed by atoms with van der Waals surface area (Å²) >= 11 is 0. The fourth-order valence-corrected chi connectivity index (χ4v) is 2.52. The summed E-state index contributed by atoms with van der Waals surface area (Å²) in [5.41, 5.74) is 3.98. The minimum atomic E-state index is -0.0706. The van der Waals surface area contributed by atoms with Crippen LogP contribution in [0.5, 0.6) is 5.75 Å². The average Bonchev–Trinajstić information content (AvgIpc) is 2.67. The molecule has 0 unspecified atom stereocenters. The van der Waals surface area contributed by atoms with Crippen LogP contribution in [0.1, 0.15) is 27.0 Å². The molecule has 0 fully saturated rings. The molecular formula is C22H21NO2. The van der Waals surface area contributed by atoms with E-state index in [0.29, 0.717) is 18.7 Å². The van der Waals surface area contributed by atoms with E-state index < -0.39 is 0 Å². The number of aryl methyl sites for hydroxylation is 1. The summed E-state index contributed by atoms with van der Waals surface area (Å²) in [6, 6.07) is 25.2. The van der Waals surface area contributed by atoms with Gasteiger partial charge in [0.05, 0.1) is 0 Å². The first kappa shape index (κ1) is 16.8. The molecule has 3 nitrogen and oxygen atoms in total. The predicted molar refractivity (Wildman–Crippen MR) is 99.6 cm³/mol. The van der Waals surface area contributed by atoms with E-state index in [1.54, 1.807) is 0 Å². The number of hydrogen-bond acceptors (Lipinski definition) is 2. The van der Waals surface area contributed by atoms with Crippen molar-refractivity contribution in [3.63, 3.8) is 0 Å². The van der Waals surface area contributed by atoms with Crippen molar-refractivity contribution in [2.75, 3.05) is 0 Å². The van der Waals surface area contributed by atoms with Crippen molar-refractivity contribution in [2.24, 2.45) is 0 Å². The molecule has 3 heteroatoms. The van der Waals surface area contributed by atoms with E-state index in [4.69, 9.17) is 4.74 Å². The SMILES string of the molecule is Cc1ccccc1CNC(=O)c1ccc(COc2ccccc2)cc1. The van der Waals surface area contributed by atoms with E-state index in [-0.39, 0.29) is 5.91 Å². The third kappa shape index (κ3) is 4.70. The maximum absolute atomic E-state index is 12.3. The van der Waals surface area contributed by atoms with Crippen LogP contribution in [0.15, 0.2) is 78.9 Å². The van der Waals surface area contributed by atoms with Crippen molar-refractivity contribution in [3.8, 4) is 5.75 Å². The Kier molecular flexibility index (Phi) is 5.47. The number of hydrogen-bond donors (Lipinski definition) is 1. The molecule has 3 rings (SSSR count). The number of carbonyl (C=O) groups is 1. The minimum absolute atomic E-state index is 0.0706. The van der Waals surface area contributed by atoms with E-state index in [2.05, 4.69) is 5.32 Å². The quantitative estimate of drug-likeness (QED) is 0.722. The molecule has 0 aromatic heterocycles. The zero-order valence-electron chi connectivity index (χ0n) is 14.2. The third-order valence-corrected chi connectivity index (χ3v) is 4.07. The molecule has 0 heterocycles. The van der Waals surface area contributed by atoms with Crippen molar-refractivity contribution in [3.05, 3.63) is 101 Å². The molecule has 0 radical (unpaired) electrons. The lowest BCUT2D eigenvalue weighted by Gasteiger charge is -2.09. The Balaban J connectivity index is 1.54. The van der Waals surface area contributed by atoms with Crippen LogP contribution in [0.3, 0.4) is 0 Å². The van der Waals surface area contributed by atoms with Gasteiger partial charge in [-0.1, -0.05) is 54.6 Å². The predicted octanol–water partition coefficient (Wildman–Crippen LogP) is 4.50. The van der Waals surface area contributed by atoms with Crippen LogP contribution in [-0.4, -0.2) is 5.91 Å². The number of rotatable bonds is 6. The standard InChI is InChI=1S/C22H21NO2/c1-17-7-5-6-8-20(17)15-23-22(24)19-13-11-18(12-14-19)16-25-21-9-3-2-4-10-21/h2-14H,15-16H2,1H3,(H,23,24). The second-order valence-corrected chi connectivity index (χ2v) is 5.91. The lowest BCUT2D eigenvalue weighted by atomic mass is 10.1. The molecule has 3 aromatic rings. The molecule has 0 spiro atoms. The van der Waals surface area contributed by atoms with Crippen molar-refractivity contribution in [2.45, 2.75) is 20.1 Å². The maximum atomic E-state index is 12.3. The van der Waals surface area contributed by atoms with Gasteiger partial charge in [-0.05, 0) is 47.9 Å². The zero-order chi connectivity index (χ0) is 17.5. The molecule has 0 aliphatic heterocycles. The van der Waals surface area contributed by atoms with E-state index in [1.165, 1.54) is 5.56 Å². The second-order valence-electron chi connectivity index (χ2n) is 5.91. The number of carbonyl (C=O) groups excluding carboxylic acids is 1. The summed E-state index contributed by atoms with van der Waals surface area (Å²) in [4.78, 5) is 12.3. The van der Waals surface area contributed by atoms with Crippen LogP contribution in [-0.2, 0) is 13.2 Å². The Morgan fingerprint density at radius 2 is 1.56 bits per heavy atom. The van der Waals surface area contributed by atoms with E-state index in [0.717, 1.165) is 16.9 Å². The third-order valence-electron chi connectivity index (χ3n) is 4.07. The number of para-hydroxylation sites is 1. The van der Waals surface area contributed by atoms with Gasteiger partial charge < -0.3 is 10.1 Å². The maximum Gasteiger partial charge on any atom is 0.251 e. The van der Waals surface area contributed by atoms with E-state index in [1.807, 2.05) is 85.8 Å². The van der Waals surface area contributed by atoms with Gasteiger partial charge in [0.1, 0.15) is 12.4 Å². The largest absolute Gasteiger partial charge is 0.489 e. The Labute approximate surface area is 148 Å². The Morgan fingerprint density at radius 3 is 2.28 bits per heavy atom. The van der Waals surface area contributed by atoms with Gasteiger partial charge in [0.2, 0.25) is 0 Å². The molecule has 25 heavy (non-hydrogen) atoms. The summed E-state index contributed by atoms with van der Waals surface area (Å²) in [6.07, 6.45) is 0. The monoisotopic (exact) mass is 331 g/mol. The topological polar surface area (TPSA) is 38.3 Å². The van der Waals surface area contributed by atoms with Gasteiger partial charge in [-0.3, -0.25) is 4.79 Å². The Hall–Kier alpha value is -3.07. The van der Waals surface area contributed by atoms with E-state index in [9.17, 15) is 4.79 Å². The van der Waals surface area contributed by atoms with Crippen LogP contribution in [0, 0.1) is 6.92 Å². The molecule has 0 atom stereocenters. The molecule has 3 aromatic carbocycles. The van der Waals surface area contributed by atoms with Gasteiger partial charge in [0.25, 0.3) is 5.91 Å². The first-order valence-electron chi connectivity index (χ1n) is 8.32. The minimum Gasteiger partial charge on any atom is -0.489 e. The summed E-state index contributed by atoms with van der Waals surface area (Å²) in [7, 11) is 0. The van der Waals surface area contributed by atoms with Gasteiger partial charge in [0, 0.05) is 12.1 Å². The summed E-state index contributed by atoms with van der Waals surface area (Å²) < 4.78 is 5.71. The van der Waals surface area contributed by atoms with Gasteiger partial charge >= 0.3 is 0 Å². The van der Waals surface area contributed by atoms with Crippen LogP contribution < -0.4 is 10.1 Å². The average molecular weight is 331 g/mol. The first-order chi connectivity index (χ1) is 12.2. The summed E-state index contributed by atoms with van der Waals surface area (Å²) in [5.74, 6) is 0.765. The molecule has 0 saturated carbocycles. The van der Waals surface area contributed by atoms with Crippen molar-refractivity contribution >= 4 is 5.91 Å². The Bertz CT molecular complexity index is 826. The fraction of sp³-hybridized carbons (Fsp3) is 0.136. The highest BCUT2D eigenvalue weighted by atomic mass is 16.5. The molecular weight excluding hydrogens is 310 g/mol. The normalized spacial score (nSPS) is 10.3. The smallest absolute Gasteiger partial charge is 0.251 e. The molecule has 1 N–H and O–H groups in total. The lowest BCUT2D eigenvalue weighted by molar-refractivity contribution is 0.0951. The molecule has 126 valence electrons. The highest BCUT2D eigenvalue weighted by Gasteiger charge is 2.06. The highest BCUT2D eigenvalue weighted by molar-refractivity contribution is 5.94. The van der Waals surface area contributed by atoms with Crippen LogP contribution >= 0.6 is 0 Å². The molecule has 0 bridgehead atoms. The zero-order valence-corrected chi connectivity index (χ0v) is 14.2. The van der Waals surface area contributed by atoms with Crippen molar-refractivity contribution in [1.82, 2.24) is 5.32 Å². The summed E-state index contributed by atoms with van der Waals surface area (Å²) in [5, 5.41) is 2.96. The van der Waals surface area contributed by atoms with Crippen LogP contribution in [0.2, 0.25) is 0 Å². The Morgan fingerprint density at radius 1 is 0.880 bits per heavy atom. The molecule has 1 amide bonds. The van der Waals surface area contributed by atoms with Crippen molar-refractivity contribution < 1.29 is 9.53 Å². The number of benzene rings is 3. The molecule has 0 aliphatic carbocycles. The summed E-state index contributed by atoms with van der Waals surface area (Å²) in [6.45, 7) is 3.06. The fourth-order valence-electron chi connectivity index (χ4n) is 2.52. The molecule has 0 aliphatic rings. The number of amides is 1. The van der Waals surface area contributed by atoms with Crippen LogP contribution in [0.25, 0.3) is 0 Å². The van der Waals surface area contributed by atoms with Gasteiger partial charge in [-0.2, -0.15) is 0 Å². The van der Waals surface area contributed by atoms with Crippen molar-refractivity contribution in [1.29, 1.82) is 0 Å². The van der Waals surface area contributed by atoms with Gasteiger partial charge in [-0.25, -0.2) is 0 Å². The molecule has 0 saturated heterocycles. The van der Waals surface area contributed by atoms with Gasteiger partial charge in [-0.15, -0.1) is 0 Å². The second kappa shape index (κ2) is 8.15. The highest BCUT2D eigenvalue weighted by Crippen LogP contribution is 2.13. The number of nitrogens with one attached hydrogen (secondary N) is 1. The number of ether oxygens (including phenoxy) is 1. The lowest BCUT2D eigenvalue weighted by Crippen LogP contribution is -2.23. The first-order valence-corrected chi connectivity index (χ1v) is 8.32. The van der Waals surface area contributed by atoms with E-state index >= 15 is 0 Å². The van der Waals surface area contributed by atoms with Crippen LogP contribution in [0.4, 0.5) is 0 Å².